The summed E-state index contributed by atoms with van der Waals surface area (Å²) in [7, 11) is 0. The van der Waals surface area contributed by atoms with E-state index < -0.39 is 28.3 Å². The van der Waals surface area contributed by atoms with Crippen molar-refractivity contribution in [2.75, 3.05) is 0 Å². The van der Waals surface area contributed by atoms with E-state index in [-0.39, 0.29) is 4.88 Å². The molecule has 0 fully saturated rings. The van der Waals surface area contributed by atoms with E-state index in [0.717, 1.165) is 11.3 Å². The van der Waals surface area contributed by atoms with Gasteiger partial charge in [0.1, 0.15) is 4.75 Å². The molecule has 18 heavy (non-hydrogen) atoms. The average molecular weight is 364 g/mol. The summed E-state index contributed by atoms with van der Waals surface area (Å²) in [6.45, 7) is 4.86. The maximum Gasteiger partial charge on any atom is 0.412 e. The monoisotopic (exact) mass is 363 g/mol. The van der Waals surface area contributed by atoms with Gasteiger partial charge >= 0.3 is 6.18 Å². The van der Waals surface area contributed by atoms with Crippen molar-refractivity contribution >= 4 is 38.6 Å². The van der Waals surface area contributed by atoms with Crippen LogP contribution in [0.25, 0.3) is 0 Å². The molecule has 0 spiro atoms. The predicted molar refractivity (Wildman–Crippen MR) is 71.8 cm³/mol. The van der Waals surface area contributed by atoms with Crippen molar-refractivity contribution in [1.29, 1.82) is 0 Å². The van der Waals surface area contributed by atoms with Gasteiger partial charge in [-0.2, -0.15) is 13.2 Å². The third kappa shape index (κ3) is 4.41. The number of rotatable bonds is 3. The lowest BCUT2D eigenvalue weighted by Gasteiger charge is -2.28. The first-order valence-electron chi connectivity index (χ1n) is 5.00. The van der Waals surface area contributed by atoms with Crippen molar-refractivity contribution in [3.63, 3.8) is 0 Å². The predicted octanol–water partition coefficient (Wildman–Crippen LogP) is 4.17. The number of nitrogens with one attached hydrogen (secondary N) is 1. The van der Waals surface area contributed by atoms with Crippen LogP contribution in [0.2, 0.25) is 0 Å². The van der Waals surface area contributed by atoms with E-state index in [4.69, 9.17) is 0 Å². The Hall–Kier alpha value is 0.240. The molecule has 8 heteroatoms. The normalized spacial score (nSPS) is 16.7. The minimum atomic E-state index is -4.48. The van der Waals surface area contributed by atoms with Gasteiger partial charge in [-0.25, -0.2) is 0 Å². The minimum absolute atomic E-state index is 0.0898. The summed E-state index contributed by atoms with van der Waals surface area (Å²) in [5.41, 5.74) is 0. The molecule has 0 radical (unpaired) electrons. The summed E-state index contributed by atoms with van der Waals surface area (Å²) in [6, 6.07) is -0.524. The maximum atomic E-state index is 13.0. The van der Waals surface area contributed by atoms with E-state index in [9.17, 15) is 17.7 Å². The van der Waals surface area contributed by atoms with E-state index in [1.54, 1.807) is 26.2 Å². The molecule has 0 saturated carbocycles. The average Bonchev–Trinajstić information content (AvgIpc) is 2.57. The molecule has 1 heterocycles. The van der Waals surface area contributed by atoms with Gasteiger partial charge in [-0.1, -0.05) is 0 Å². The van der Waals surface area contributed by atoms with Crippen molar-refractivity contribution in [1.82, 2.24) is 4.72 Å². The molecule has 1 aromatic heterocycles. The van der Waals surface area contributed by atoms with Crippen molar-refractivity contribution in [2.24, 2.45) is 0 Å². The maximum absolute atomic E-state index is 13.0. The Morgan fingerprint density at radius 1 is 1.39 bits per heavy atom. The molecule has 0 aliphatic heterocycles. The first-order chi connectivity index (χ1) is 8.01. The second-order valence-corrected chi connectivity index (χ2v) is 8.50. The van der Waals surface area contributed by atoms with Gasteiger partial charge < -0.3 is 4.55 Å². The van der Waals surface area contributed by atoms with Gasteiger partial charge in [-0.3, -0.25) is 0 Å². The molecule has 0 aliphatic carbocycles. The highest BCUT2D eigenvalue weighted by molar-refractivity contribution is 9.10. The van der Waals surface area contributed by atoms with Crippen molar-refractivity contribution in [3.8, 4) is 0 Å². The number of hydrogen-bond donors (Lipinski definition) is 1. The number of halogens is 4. The van der Waals surface area contributed by atoms with Crippen LogP contribution in [-0.2, 0) is 11.4 Å². The zero-order valence-corrected chi connectivity index (χ0v) is 13.2. The van der Waals surface area contributed by atoms with Crippen molar-refractivity contribution < 1.29 is 17.7 Å². The summed E-state index contributed by atoms with van der Waals surface area (Å²) in [5, 5.41) is 1.57. The highest BCUT2D eigenvalue weighted by atomic mass is 79.9. The van der Waals surface area contributed by atoms with Crippen LogP contribution in [0.15, 0.2) is 15.9 Å². The molecule has 2 nitrogen and oxygen atoms in total. The molecule has 1 unspecified atom stereocenters. The van der Waals surface area contributed by atoms with E-state index in [2.05, 4.69) is 20.7 Å². The highest BCUT2D eigenvalue weighted by Crippen LogP contribution is 2.38. The molecule has 104 valence electrons. The van der Waals surface area contributed by atoms with E-state index in [1.165, 1.54) is 6.07 Å². The molecule has 0 amide bonds. The van der Waals surface area contributed by atoms with Crippen LogP contribution in [-0.4, -0.2) is 15.5 Å². The quantitative estimate of drug-likeness (QED) is 0.818. The Bertz CT molecular complexity index is 403. The Morgan fingerprint density at radius 2 is 1.94 bits per heavy atom. The smallest absolute Gasteiger partial charge is 0.412 e. The Kier molecular flexibility index (Phi) is 5.16. The standard InChI is InChI=1S/C10H13BrF3NOS2/c1-9(2,3)18(16)15-8(10(12,13)14)7-4-6(11)5-17-7/h4-5,8,15H,1-3H3/t8-,18?/m1/s1. The zero-order valence-electron chi connectivity index (χ0n) is 9.97. The summed E-state index contributed by atoms with van der Waals surface area (Å²) in [4.78, 5) is 0.0898. The number of hydrogen-bond acceptors (Lipinski definition) is 3. The lowest BCUT2D eigenvalue weighted by Crippen LogP contribution is -2.45. The van der Waals surface area contributed by atoms with Crippen LogP contribution < -0.4 is 4.72 Å². The molecular weight excluding hydrogens is 351 g/mol. The van der Waals surface area contributed by atoms with Crippen LogP contribution in [0.5, 0.6) is 0 Å². The fourth-order valence-corrected chi connectivity index (χ4v) is 3.47. The lowest BCUT2D eigenvalue weighted by molar-refractivity contribution is -0.152. The highest BCUT2D eigenvalue weighted by Gasteiger charge is 2.46. The Labute approximate surface area is 119 Å². The molecule has 0 saturated heterocycles. The van der Waals surface area contributed by atoms with E-state index >= 15 is 0 Å². The van der Waals surface area contributed by atoms with Crippen molar-refractivity contribution in [2.45, 2.75) is 37.7 Å². The van der Waals surface area contributed by atoms with Gasteiger partial charge in [-0.15, -0.1) is 16.1 Å². The third-order valence-corrected chi connectivity index (χ3v) is 5.30. The Balaban J connectivity index is 2.95. The van der Waals surface area contributed by atoms with Crippen LogP contribution in [0, 0.1) is 0 Å². The van der Waals surface area contributed by atoms with Gasteiger partial charge in [-0.05, 0) is 42.8 Å². The van der Waals surface area contributed by atoms with Gasteiger partial charge in [0.25, 0.3) is 0 Å². The van der Waals surface area contributed by atoms with Gasteiger partial charge in [0.05, 0.1) is 0 Å². The second-order valence-electron chi connectivity index (χ2n) is 4.64. The van der Waals surface area contributed by atoms with E-state index in [0.29, 0.717) is 4.47 Å². The number of thiophene rings is 1. The van der Waals surface area contributed by atoms with Crippen LogP contribution in [0.1, 0.15) is 31.7 Å². The molecule has 1 rings (SSSR count). The third-order valence-electron chi connectivity index (χ3n) is 1.98. The lowest BCUT2D eigenvalue weighted by atomic mass is 10.2. The molecule has 1 aromatic rings. The van der Waals surface area contributed by atoms with Crippen molar-refractivity contribution in [3.05, 3.63) is 20.8 Å². The number of alkyl halides is 3. The SMILES string of the molecule is CC(C)(C)[S+]([O-])N[C@H](c1cc(Br)cs1)C(F)(F)F. The van der Waals surface area contributed by atoms with Gasteiger partial charge in [0.15, 0.2) is 6.04 Å². The largest absolute Gasteiger partial charge is 0.598 e. The summed E-state index contributed by atoms with van der Waals surface area (Å²) >= 11 is 2.30. The summed E-state index contributed by atoms with van der Waals surface area (Å²) < 4.78 is 52.7. The molecule has 0 aliphatic rings. The minimum Gasteiger partial charge on any atom is -0.598 e. The first kappa shape index (κ1) is 16.3. The summed E-state index contributed by atoms with van der Waals surface area (Å²) in [6.07, 6.45) is -4.48. The van der Waals surface area contributed by atoms with Crippen LogP contribution >= 0.6 is 27.3 Å². The molecule has 1 N–H and O–H groups in total. The second kappa shape index (κ2) is 5.70. The Morgan fingerprint density at radius 3 is 2.28 bits per heavy atom. The topological polar surface area (TPSA) is 35.1 Å². The van der Waals surface area contributed by atoms with E-state index in [1.807, 2.05) is 0 Å². The molecule has 0 aromatic carbocycles. The first-order valence-corrected chi connectivity index (χ1v) is 7.83. The fourth-order valence-electron chi connectivity index (χ4n) is 1.05. The van der Waals surface area contributed by atoms with Crippen LogP contribution in [0.3, 0.4) is 0 Å². The van der Waals surface area contributed by atoms with Crippen LogP contribution in [0.4, 0.5) is 13.2 Å². The fraction of sp³-hybridized carbons (Fsp3) is 0.600. The summed E-state index contributed by atoms with van der Waals surface area (Å²) in [5.74, 6) is 0. The van der Waals surface area contributed by atoms with Gasteiger partial charge in [0.2, 0.25) is 0 Å². The van der Waals surface area contributed by atoms with Gasteiger partial charge in [0, 0.05) is 26.1 Å². The zero-order chi connectivity index (χ0) is 14.1. The molecule has 2 atom stereocenters. The molecule has 0 bridgehead atoms. The molecular formula is C10H13BrF3NOS2.